The van der Waals surface area contributed by atoms with Crippen LogP contribution < -0.4 is 5.32 Å². The van der Waals surface area contributed by atoms with E-state index in [9.17, 15) is 4.79 Å². The van der Waals surface area contributed by atoms with Crippen LogP contribution in [-0.2, 0) is 9.53 Å². The van der Waals surface area contributed by atoms with Gasteiger partial charge < -0.3 is 10.1 Å². The van der Waals surface area contributed by atoms with Crippen LogP contribution in [0.5, 0.6) is 0 Å². The number of esters is 1. The summed E-state index contributed by atoms with van der Waals surface area (Å²) in [4.78, 5) is 10.7. The van der Waals surface area contributed by atoms with E-state index in [0.29, 0.717) is 6.61 Å². The van der Waals surface area contributed by atoms with Crippen LogP contribution in [-0.4, -0.2) is 25.7 Å². The molecule has 0 unspecified atom stereocenters. The first-order valence-electron chi connectivity index (χ1n) is 5.83. The lowest BCUT2D eigenvalue weighted by Gasteiger charge is -2.21. The second-order valence-electron chi connectivity index (χ2n) is 4.08. The van der Waals surface area contributed by atoms with Gasteiger partial charge in [-0.15, -0.1) is 0 Å². The highest BCUT2D eigenvalue weighted by Gasteiger charge is 2.12. The highest BCUT2D eigenvalue weighted by molar-refractivity contribution is 5.81. The van der Waals surface area contributed by atoms with Crippen molar-refractivity contribution in [3.05, 3.63) is 12.7 Å². The standard InChI is InChI=1S/C12H21NO2/c1-2-12(14)15-9-8-13-10-11-6-4-3-5-7-11/h2,11,13H,1,3-10H2. The summed E-state index contributed by atoms with van der Waals surface area (Å²) in [5.41, 5.74) is 0. The molecular weight excluding hydrogens is 190 g/mol. The van der Waals surface area contributed by atoms with Crippen LogP contribution >= 0.6 is 0 Å². The molecule has 1 aliphatic carbocycles. The number of carbonyl (C=O) groups excluding carboxylic acids is 1. The zero-order valence-electron chi connectivity index (χ0n) is 9.34. The Bertz CT molecular complexity index is 198. The van der Waals surface area contributed by atoms with Crippen molar-refractivity contribution in [3.63, 3.8) is 0 Å². The zero-order valence-corrected chi connectivity index (χ0v) is 9.34. The highest BCUT2D eigenvalue weighted by Crippen LogP contribution is 2.22. The van der Waals surface area contributed by atoms with E-state index in [1.54, 1.807) is 0 Å². The van der Waals surface area contributed by atoms with E-state index in [-0.39, 0.29) is 5.97 Å². The molecule has 3 nitrogen and oxygen atoms in total. The summed E-state index contributed by atoms with van der Waals surface area (Å²) < 4.78 is 4.86. The van der Waals surface area contributed by atoms with Gasteiger partial charge in [-0.3, -0.25) is 0 Å². The Morgan fingerprint density at radius 2 is 2.13 bits per heavy atom. The molecule has 1 saturated carbocycles. The predicted octanol–water partition coefficient (Wildman–Crippen LogP) is 1.89. The fraction of sp³-hybridized carbons (Fsp3) is 0.750. The van der Waals surface area contributed by atoms with E-state index >= 15 is 0 Å². The maximum atomic E-state index is 10.7. The molecule has 0 bridgehead atoms. The average Bonchev–Trinajstić information content (AvgIpc) is 2.29. The number of hydrogen-bond acceptors (Lipinski definition) is 3. The molecule has 86 valence electrons. The van der Waals surface area contributed by atoms with Crippen molar-refractivity contribution in [3.8, 4) is 0 Å². The summed E-state index contributed by atoms with van der Waals surface area (Å²) in [6.45, 7) is 5.59. The number of rotatable bonds is 6. The fourth-order valence-electron chi connectivity index (χ4n) is 1.98. The van der Waals surface area contributed by atoms with Crippen molar-refractivity contribution in [2.45, 2.75) is 32.1 Å². The lowest BCUT2D eigenvalue weighted by atomic mass is 9.89. The van der Waals surface area contributed by atoms with Gasteiger partial charge in [0.05, 0.1) is 0 Å². The van der Waals surface area contributed by atoms with E-state index < -0.39 is 0 Å². The second kappa shape index (κ2) is 7.46. The molecule has 0 aromatic carbocycles. The topological polar surface area (TPSA) is 38.3 Å². The predicted molar refractivity (Wildman–Crippen MR) is 60.6 cm³/mol. The molecule has 1 fully saturated rings. The summed E-state index contributed by atoms with van der Waals surface area (Å²) in [6.07, 6.45) is 8.03. The molecule has 0 heterocycles. The molecule has 0 aromatic heterocycles. The van der Waals surface area contributed by atoms with Crippen molar-refractivity contribution in [2.75, 3.05) is 19.7 Å². The van der Waals surface area contributed by atoms with Gasteiger partial charge in [-0.25, -0.2) is 4.79 Å². The van der Waals surface area contributed by atoms with Crippen molar-refractivity contribution >= 4 is 5.97 Å². The smallest absolute Gasteiger partial charge is 0.330 e. The average molecular weight is 211 g/mol. The molecule has 0 spiro atoms. The lowest BCUT2D eigenvalue weighted by Crippen LogP contribution is -2.28. The Kier molecular flexibility index (Phi) is 6.09. The fourth-order valence-corrected chi connectivity index (χ4v) is 1.98. The molecule has 1 rings (SSSR count). The second-order valence-corrected chi connectivity index (χ2v) is 4.08. The first kappa shape index (κ1) is 12.2. The number of carbonyl (C=O) groups is 1. The lowest BCUT2D eigenvalue weighted by molar-refractivity contribution is -0.137. The van der Waals surface area contributed by atoms with Crippen molar-refractivity contribution in [2.24, 2.45) is 5.92 Å². The van der Waals surface area contributed by atoms with E-state index in [1.807, 2.05) is 0 Å². The van der Waals surface area contributed by atoms with Crippen LogP contribution in [0.3, 0.4) is 0 Å². The monoisotopic (exact) mass is 211 g/mol. The molecule has 0 aromatic rings. The molecule has 15 heavy (non-hydrogen) atoms. The number of nitrogens with one attached hydrogen (secondary N) is 1. The molecule has 0 saturated heterocycles. The first-order chi connectivity index (χ1) is 7.33. The van der Waals surface area contributed by atoms with Gasteiger partial charge in [0.25, 0.3) is 0 Å². The van der Waals surface area contributed by atoms with Gasteiger partial charge in [0, 0.05) is 12.6 Å². The maximum absolute atomic E-state index is 10.7. The summed E-state index contributed by atoms with van der Waals surface area (Å²) >= 11 is 0. The highest BCUT2D eigenvalue weighted by atomic mass is 16.5. The number of hydrogen-bond donors (Lipinski definition) is 1. The van der Waals surface area contributed by atoms with E-state index in [2.05, 4.69) is 11.9 Å². The van der Waals surface area contributed by atoms with E-state index in [4.69, 9.17) is 4.74 Å². The van der Waals surface area contributed by atoms with Crippen molar-refractivity contribution in [1.82, 2.24) is 5.32 Å². The van der Waals surface area contributed by atoms with Crippen LogP contribution in [0.2, 0.25) is 0 Å². The van der Waals surface area contributed by atoms with Gasteiger partial charge in [0.1, 0.15) is 6.61 Å². The Morgan fingerprint density at radius 3 is 2.80 bits per heavy atom. The summed E-state index contributed by atoms with van der Waals surface area (Å²) in [5, 5.41) is 3.32. The summed E-state index contributed by atoms with van der Waals surface area (Å²) in [7, 11) is 0. The molecule has 0 radical (unpaired) electrons. The largest absolute Gasteiger partial charge is 0.461 e. The molecule has 0 aliphatic heterocycles. The minimum Gasteiger partial charge on any atom is -0.461 e. The van der Waals surface area contributed by atoms with Crippen molar-refractivity contribution < 1.29 is 9.53 Å². The van der Waals surface area contributed by atoms with Crippen molar-refractivity contribution in [1.29, 1.82) is 0 Å². The van der Waals surface area contributed by atoms with Crippen LogP contribution in [0, 0.1) is 5.92 Å². The quantitative estimate of drug-likeness (QED) is 0.414. The Labute approximate surface area is 91.9 Å². The molecule has 0 amide bonds. The maximum Gasteiger partial charge on any atom is 0.330 e. The third-order valence-electron chi connectivity index (χ3n) is 2.85. The van der Waals surface area contributed by atoms with E-state index in [0.717, 1.165) is 19.0 Å². The molecule has 1 aliphatic rings. The third kappa shape index (κ3) is 5.57. The molecule has 3 heteroatoms. The number of ether oxygens (including phenoxy) is 1. The van der Waals surface area contributed by atoms with Gasteiger partial charge in [0.2, 0.25) is 0 Å². The van der Waals surface area contributed by atoms with Gasteiger partial charge in [-0.2, -0.15) is 0 Å². The Hall–Kier alpha value is -0.830. The van der Waals surface area contributed by atoms with Crippen LogP contribution in [0.15, 0.2) is 12.7 Å². The third-order valence-corrected chi connectivity index (χ3v) is 2.85. The van der Waals surface area contributed by atoms with Gasteiger partial charge >= 0.3 is 5.97 Å². The van der Waals surface area contributed by atoms with Crippen LogP contribution in [0.25, 0.3) is 0 Å². The minimum absolute atomic E-state index is 0.338. The molecule has 0 atom stereocenters. The SMILES string of the molecule is C=CC(=O)OCCNCC1CCCCC1. The van der Waals surface area contributed by atoms with Crippen LogP contribution in [0.4, 0.5) is 0 Å². The minimum atomic E-state index is -0.338. The zero-order chi connectivity index (χ0) is 10.9. The van der Waals surface area contributed by atoms with Gasteiger partial charge in [-0.1, -0.05) is 25.8 Å². The van der Waals surface area contributed by atoms with Gasteiger partial charge in [0.15, 0.2) is 0 Å². The first-order valence-corrected chi connectivity index (χ1v) is 5.83. The molecular formula is C12H21NO2. The van der Waals surface area contributed by atoms with E-state index in [1.165, 1.54) is 38.2 Å². The normalized spacial score (nSPS) is 17.3. The van der Waals surface area contributed by atoms with Gasteiger partial charge in [-0.05, 0) is 25.3 Å². The summed E-state index contributed by atoms with van der Waals surface area (Å²) in [5.74, 6) is 0.489. The Balaban J connectivity index is 1.91. The summed E-state index contributed by atoms with van der Waals surface area (Å²) in [6, 6.07) is 0. The Morgan fingerprint density at radius 1 is 1.40 bits per heavy atom. The molecule has 1 N–H and O–H groups in total. The van der Waals surface area contributed by atoms with Crippen LogP contribution in [0.1, 0.15) is 32.1 Å².